The molecule has 0 radical (unpaired) electrons. The number of thiazole rings is 1. The molecule has 1 aliphatic heterocycles. The van der Waals surface area contributed by atoms with Crippen molar-refractivity contribution in [2.24, 2.45) is 0 Å². The number of hydrogen-bond acceptors (Lipinski definition) is 5. The maximum atomic E-state index is 13.1. The van der Waals surface area contributed by atoms with E-state index in [4.69, 9.17) is 16.6 Å². The molecule has 3 aromatic rings. The van der Waals surface area contributed by atoms with Gasteiger partial charge in [-0.2, -0.15) is 0 Å². The summed E-state index contributed by atoms with van der Waals surface area (Å²) in [6.45, 7) is 4.69. The zero-order valence-electron chi connectivity index (χ0n) is 14.1. The van der Waals surface area contributed by atoms with Crippen molar-refractivity contribution in [1.82, 2.24) is 14.9 Å². The minimum Gasteiger partial charge on any atom is -0.369 e. The van der Waals surface area contributed by atoms with E-state index in [1.165, 1.54) is 12.1 Å². The fraction of sp³-hybridized carbons (Fsp3) is 0.263. The van der Waals surface area contributed by atoms with Crippen LogP contribution in [0.25, 0.3) is 10.6 Å². The van der Waals surface area contributed by atoms with E-state index < -0.39 is 0 Å². The van der Waals surface area contributed by atoms with Crippen molar-refractivity contribution in [2.75, 3.05) is 31.1 Å². The molecule has 1 saturated heterocycles. The molecule has 4 nitrogen and oxygen atoms in total. The van der Waals surface area contributed by atoms with Crippen LogP contribution in [0, 0.1) is 5.82 Å². The van der Waals surface area contributed by atoms with Crippen LogP contribution in [0.3, 0.4) is 0 Å². The van der Waals surface area contributed by atoms with Crippen LogP contribution in [-0.2, 0) is 6.54 Å². The van der Waals surface area contributed by atoms with Crippen LogP contribution < -0.4 is 4.90 Å². The maximum Gasteiger partial charge on any atom is 0.131 e. The monoisotopic (exact) mass is 388 g/mol. The highest BCUT2D eigenvalue weighted by Gasteiger charge is 2.18. The Morgan fingerprint density at radius 2 is 1.85 bits per heavy atom. The number of aromatic nitrogens is 2. The fourth-order valence-electron chi connectivity index (χ4n) is 3.09. The number of pyridine rings is 1. The van der Waals surface area contributed by atoms with E-state index in [-0.39, 0.29) is 5.82 Å². The number of rotatable bonds is 4. The van der Waals surface area contributed by atoms with Crippen LogP contribution in [0.4, 0.5) is 10.1 Å². The van der Waals surface area contributed by atoms with Gasteiger partial charge in [0, 0.05) is 55.6 Å². The first-order valence-corrected chi connectivity index (χ1v) is 9.72. The Kier molecular flexibility index (Phi) is 5.15. The molecule has 134 valence electrons. The molecule has 0 bridgehead atoms. The summed E-state index contributed by atoms with van der Waals surface area (Å²) in [5.41, 5.74) is 3.15. The Balaban J connectivity index is 1.35. The molecule has 3 heterocycles. The lowest BCUT2D eigenvalue weighted by Gasteiger charge is -2.35. The van der Waals surface area contributed by atoms with Gasteiger partial charge < -0.3 is 4.90 Å². The molecule has 0 N–H and O–H groups in total. The van der Waals surface area contributed by atoms with Crippen molar-refractivity contribution in [3.63, 3.8) is 0 Å². The van der Waals surface area contributed by atoms with E-state index >= 15 is 0 Å². The Morgan fingerprint density at radius 1 is 1.08 bits per heavy atom. The number of anilines is 1. The lowest BCUT2D eigenvalue weighted by atomic mass is 10.2. The van der Waals surface area contributed by atoms with Crippen LogP contribution in [0.15, 0.2) is 48.0 Å². The van der Waals surface area contributed by atoms with Crippen molar-refractivity contribution >= 4 is 28.6 Å². The summed E-state index contributed by atoms with van der Waals surface area (Å²) in [6.07, 6.45) is 1.75. The van der Waals surface area contributed by atoms with E-state index in [1.54, 1.807) is 29.7 Å². The molecule has 0 atom stereocenters. The predicted octanol–water partition coefficient (Wildman–Crippen LogP) is 4.32. The first-order valence-electron chi connectivity index (χ1n) is 8.46. The summed E-state index contributed by atoms with van der Waals surface area (Å²) in [7, 11) is 0. The molecule has 26 heavy (non-hydrogen) atoms. The first-order chi connectivity index (χ1) is 12.7. The largest absolute Gasteiger partial charge is 0.369 e. The summed E-state index contributed by atoms with van der Waals surface area (Å²) in [5, 5.41) is 3.55. The Labute approximate surface area is 160 Å². The SMILES string of the molecule is Fc1ccc(-c2nc(CN3CCN(c4ccnc(Cl)c4)CC3)cs2)cc1. The zero-order chi connectivity index (χ0) is 17.9. The zero-order valence-corrected chi connectivity index (χ0v) is 15.7. The number of nitrogens with zero attached hydrogens (tertiary/aromatic N) is 4. The van der Waals surface area contributed by atoms with Gasteiger partial charge in [0.2, 0.25) is 0 Å². The summed E-state index contributed by atoms with van der Waals surface area (Å²) < 4.78 is 13.1. The average Bonchev–Trinajstić information content (AvgIpc) is 3.11. The number of hydrogen-bond donors (Lipinski definition) is 0. The van der Waals surface area contributed by atoms with Gasteiger partial charge in [-0.05, 0) is 36.4 Å². The van der Waals surface area contributed by atoms with Gasteiger partial charge in [0.05, 0.1) is 5.69 Å². The summed E-state index contributed by atoms with van der Waals surface area (Å²) in [4.78, 5) is 13.5. The van der Waals surface area contributed by atoms with Crippen molar-refractivity contribution in [3.8, 4) is 10.6 Å². The summed E-state index contributed by atoms with van der Waals surface area (Å²) >= 11 is 7.59. The normalized spacial score (nSPS) is 15.4. The minimum atomic E-state index is -0.223. The first kappa shape index (κ1) is 17.4. The van der Waals surface area contributed by atoms with E-state index in [1.807, 2.05) is 12.1 Å². The fourth-order valence-corrected chi connectivity index (χ4v) is 4.07. The summed E-state index contributed by atoms with van der Waals surface area (Å²) in [6, 6.07) is 10.4. The van der Waals surface area contributed by atoms with E-state index in [0.29, 0.717) is 5.15 Å². The molecular formula is C19H18ClFN4S. The topological polar surface area (TPSA) is 32.3 Å². The summed E-state index contributed by atoms with van der Waals surface area (Å²) in [5.74, 6) is -0.223. The number of benzene rings is 1. The smallest absolute Gasteiger partial charge is 0.131 e. The Hall–Kier alpha value is -2.02. The standard InChI is InChI=1S/C19H18ClFN4S/c20-18-11-17(5-6-22-18)25-9-7-24(8-10-25)12-16-13-26-19(23-16)14-1-3-15(21)4-2-14/h1-6,11,13H,7-10,12H2. The minimum absolute atomic E-state index is 0.223. The lowest BCUT2D eigenvalue weighted by Crippen LogP contribution is -2.46. The van der Waals surface area contributed by atoms with Crippen LogP contribution in [0.1, 0.15) is 5.69 Å². The van der Waals surface area contributed by atoms with Gasteiger partial charge >= 0.3 is 0 Å². The van der Waals surface area contributed by atoms with Gasteiger partial charge in [-0.15, -0.1) is 11.3 Å². The van der Waals surface area contributed by atoms with Crippen molar-refractivity contribution in [1.29, 1.82) is 0 Å². The Bertz CT molecular complexity index is 875. The molecule has 0 amide bonds. The Morgan fingerprint density at radius 3 is 2.58 bits per heavy atom. The van der Waals surface area contributed by atoms with E-state index in [2.05, 4.69) is 20.2 Å². The number of piperazine rings is 1. The third kappa shape index (κ3) is 4.03. The highest BCUT2D eigenvalue weighted by Crippen LogP contribution is 2.25. The maximum absolute atomic E-state index is 13.1. The molecule has 0 saturated carbocycles. The predicted molar refractivity (Wildman–Crippen MR) is 104 cm³/mol. The van der Waals surface area contributed by atoms with Crippen LogP contribution in [-0.4, -0.2) is 41.0 Å². The molecule has 2 aromatic heterocycles. The van der Waals surface area contributed by atoms with Crippen molar-refractivity contribution in [3.05, 3.63) is 64.6 Å². The van der Waals surface area contributed by atoms with E-state index in [0.717, 1.165) is 54.7 Å². The average molecular weight is 389 g/mol. The highest BCUT2D eigenvalue weighted by atomic mass is 35.5. The number of halogens is 2. The molecule has 4 rings (SSSR count). The molecule has 0 aliphatic carbocycles. The van der Waals surface area contributed by atoms with Gasteiger partial charge in [0.1, 0.15) is 16.0 Å². The molecule has 1 aromatic carbocycles. The molecule has 0 unspecified atom stereocenters. The van der Waals surface area contributed by atoms with Crippen molar-refractivity contribution < 1.29 is 4.39 Å². The van der Waals surface area contributed by atoms with Gasteiger partial charge in [0.15, 0.2) is 0 Å². The van der Waals surface area contributed by atoms with Crippen molar-refractivity contribution in [2.45, 2.75) is 6.54 Å². The molecule has 1 fully saturated rings. The van der Waals surface area contributed by atoms with Gasteiger partial charge in [0.25, 0.3) is 0 Å². The second-order valence-electron chi connectivity index (χ2n) is 6.25. The van der Waals surface area contributed by atoms with Crippen LogP contribution in [0.5, 0.6) is 0 Å². The molecule has 0 spiro atoms. The van der Waals surface area contributed by atoms with Gasteiger partial charge in [-0.25, -0.2) is 14.4 Å². The third-order valence-corrected chi connectivity index (χ3v) is 5.62. The quantitative estimate of drug-likeness (QED) is 0.623. The highest BCUT2D eigenvalue weighted by molar-refractivity contribution is 7.13. The molecule has 1 aliphatic rings. The van der Waals surface area contributed by atoms with Crippen LogP contribution in [0.2, 0.25) is 5.15 Å². The van der Waals surface area contributed by atoms with E-state index in [9.17, 15) is 4.39 Å². The lowest BCUT2D eigenvalue weighted by molar-refractivity contribution is 0.247. The second-order valence-corrected chi connectivity index (χ2v) is 7.50. The molecular weight excluding hydrogens is 371 g/mol. The second kappa shape index (κ2) is 7.70. The molecule has 7 heteroatoms. The van der Waals surface area contributed by atoms with Crippen LogP contribution >= 0.6 is 22.9 Å². The van der Waals surface area contributed by atoms with Gasteiger partial charge in [-0.3, -0.25) is 4.90 Å². The third-order valence-electron chi connectivity index (χ3n) is 4.48. The van der Waals surface area contributed by atoms with Gasteiger partial charge in [-0.1, -0.05) is 11.6 Å².